The summed E-state index contributed by atoms with van der Waals surface area (Å²) in [6, 6.07) is 7.02. The van der Waals surface area contributed by atoms with Crippen LogP contribution in [-0.4, -0.2) is 60.2 Å². The van der Waals surface area contributed by atoms with Gasteiger partial charge in [-0.15, -0.1) is 0 Å². The van der Waals surface area contributed by atoms with E-state index in [0.717, 1.165) is 18.6 Å². The number of benzene rings is 1. The van der Waals surface area contributed by atoms with E-state index >= 15 is 0 Å². The van der Waals surface area contributed by atoms with Crippen LogP contribution in [0.1, 0.15) is 37.4 Å². The lowest BCUT2D eigenvalue weighted by molar-refractivity contribution is -0.129. The standard InChI is InChI=1S/C20H26N4O5/c1-14(25)24-11-8-15(9-12-24)20-22-19(29-23-20)7-10-21-18(26)13-28-17-5-3-16(27-2)4-6-17/h3-6,15H,7-13H2,1-2H3,(H,21,26). The zero-order valence-corrected chi connectivity index (χ0v) is 16.7. The Labute approximate surface area is 169 Å². The first-order valence-electron chi connectivity index (χ1n) is 9.66. The van der Waals surface area contributed by atoms with Crippen molar-refractivity contribution in [3.63, 3.8) is 0 Å². The van der Waals surface area contributed by atoms with Gasteiger partial charge in [-0.25, -0.2) is 0 Å². The number of methoxy groups -OCH3 is 1. The molecular weight excluding hydrogens is 376 g/mol. The largest absolute Gasteiger partial charge is 0.497 e. The number of carbonyl (C=O) groups is 2. The van der Waals surface area contributed by atoms with Gasteiger partial charge in [0, 0.05) is 38.9 Å². The second-order valence-corrected chi connectivity index (χ2v) is 6.89. The van der Waals surface area contributed by atoms with Gasteiger partial charge in [0.2, 0.25) is 11.8 Å². The van der Waals surface area contributed by atoms with Gasteiger partial charge in [0.25, 0.3) is 5.91 Å². The number of aromatic nitrogens is 2. The van der Waals surface area contributed by atoms with E-state index in [0.29, 0.717) is 43.5 Å². The number of piperidine rings is 1. The maximum atomic E-state index is 11.9. The molecule has 156 valence electrons. The third-order valence-electron chi connectivity index (χ3n) is 4.88. The molecule has 1 aliphatic rings. The maximum Gasteiger partial charge on any atom is 0.257 e. The van der Waals surface area contributed by atoms with Crippen LogP contribution in [0, 0.1) is 0 Å². The van der Waals surface area contributed by atoms with Crippen LogP contribution in [0.5, 0.6) is 11.5 Å². The Hall–Kier alpha value is -3.10. The molecule has 1 aromatic carbocycles. The lowest BCUT2D eigenvalue weighted by Crippen LogP contribution is -2.36. The summed E-state index contributed by atoms with van der Waals surface area (Å²) in [4.78, 5) is 29.6. The van der Waals surface area contributed by atoms with Gasteiger partial charge in [0.05, 0.1) is 7.11 Å². The molecule has 0 spiro atoms. The van der Waals surface area contributed by atoms with E-state index in [1.165, 1.54) is 0 Å². The number of nitrogens with one attached hydrogen (secondary N) is 1. The van der Waals surface area contributed by atoms with Gasteiger partial charge in [-0.05, 0) is 37.1 Å². The van der Waals surface area contributed by atoms with Crippen molar-refractivity contribution in [2.24, 2.45) is 0 Å². The number of hydrogen-bond donors (Lipinski definition) is 1. The lowest BCUT2D eigenvalue weighted by atomic mass is 9.96. The van der Waals surface area contributed by atoms with Crippen molar-refractivity contribution in [3.8, 4) is 11.5 Å². The Morgan fingerprint density at radius 2 is 1.90 bits per heavy atom. The first kappa shape index (κ1) is 20.6. The molecule has 2 amide bonds. The number of hydrogen-bond acceptors (Lipinski definition) is 7. The molecule has 0 radical (unpaired) electrons. The van der Waals surface area contributed by atoms with Gasteiger partial charge >= 0.3 is 0 Å². The molecule has 0 aliphatic carbocycles. The molecule has 29 heavy (non-hydrogen) atoms. The molecule has 9 nitrogen and oxygen atoms in total. The van der Waals surface area contributed by atoms with Crippen molar-refractivity contribution in [3.05, 3.63) is 36.0 Å². The Bertz CT molecular complexity index is 813. The zero-order chi connectivity index (χ0) is 20.6. The quantitative estimate of drug-likeness (QED) is 0.714. The second-order valence-electron chi connectivity index (χ2n) is 6.89. The fourth-order valence-corrected chi connectivity index (χ4v) is 3.17. The molecule has 1 aliphatic heterocycles. The molecule has 3 rings (SSSR count). The van der Waals surface area contributed by atoms with Gasteiger partial charge < -0.3 is 24.2 Å². The molecule has 0 unspecified atom stereocenters. The summed E-state index contributed by atoms with van der Waals surface area (Å²) in [5.74, 6) is 2.57. The van der Waals surface area contributed by atoms with Gasteiger partial charge in [-0.1, -0.05) is 5.16 Å². The van der Waals surface area contributed by atoms with Gasteiger partial charge in [-0.3, -0.25) is 9.59 Å². The van der Waals surface area contributed by atoms with Crippen molar-refractivity contribution in [2.45, 2.75) is 32.1 Å². The Kier molecular flexibility index (Phi) is 7.04. The molecule has 1 saturated heterocycles. The average Bonchev–Trinajstić information content (AvgIpc) is 3.21. The number of carbonyl (C=O) groups excluding carboxylic acids is 2. The highest BCUT2D eigenvalue weighted by Gasteiger charge is 2.25. The van der Waals surface area contributed by atoms with Crippen LogP contribution in [-0.2, 0) is 16.0 Å². The van der Waals surface area contributed by atoms with Crippen LogP contribution >= 0.6 is 0 Å². The molecule has 0 atom stereocenters. The summed E-state index contributed by atoms with van der Waals surface area (Å²) in [6.45, 7) is 3.33. The van der Waals surface area contributed by atoms with Crippen LogP contribution in [0.3, 0.4) is 0 Å². The topological polar surface area (TPSA) is 107 Å². The lowest BCUT2D eigenvalue weighted by Gasteiger charge is -2.29. The van der Waals surface area contributed by atoms with Crippen molar-refractivity contribution >= 4 is 11.8 Å². The van der Waals surface area contributed by atoms with Gasteiger partial charge in [0.15, 0.2) is 12.4 Å². The molecule has 9 heteroatoms. The maximum absolute atomic E-state index is 11.9. The van der Waals surface area contributed by atoms with Crippen LogP contribution in [0.15, 0.2) is 28.8 Å². The minimum absolute atomic E-state index is 0.0733. The molecule has 2 heterocycles. The minimum atomic E-state index is -0.225. The van der Waals surface area contributed by atoms with E-state index in [4.69, 9.17) is 14.0 Å². The summed E-state index contributed by atoms with van der Waals surface area (Å²) >= 11 is 0. The van der Waals surface area contributed by atoms with E-state index in [2.05, 4.69) is 15.5 Å². The number of amides is 2. The summed E-state index contributed by atoms with van der Waals surface area (Å²) in [5.41, 5.74) is 0. The molecule has 2 aromatic rings. The number of likely N-dealkylation sites (tertiary alicyclic amines) is 1. The van der Waals surface area contributed by atoms with E-state index in [9.17, 15) is 9.59 Å². The molecule has 1 aromatic heterocycles. The number of ether oxygens (including phenoxy) is 2. The monoisotopic (exact) mass is 402 g/mol. The Balaban J connectivity index is 1.36. The van der Waals surface area contributed by atoms with E-state index < -0.39 is 0 Å². The van der Waals surface area contributed by atoms with E-state index in [1.807, 2.05) is 4.90 Å². The highest BCUT2D eigenvalue weighted by molar-refractivity contribution is 5.77. The summed E-state index contributed by atoms with van der Waals surface area (Å²) in [5, 5.41) is 6.83. The van der Waals surface area contributed by atoms with Crippen LogP contribution < -0.4 is 14.8 Å². The first-order valence-corrected chi connectivity index (χ1v) is 9.66. The zero-order valence-electron chi connectivity index (χ0n) is 16.7. The predicted octanol–water partition coefficient (Wildman–Crippen LogP) is 1.54. The van der Waals surface area contributed by atoms with Gasteiger partial charge in [0.1, 0.15) is 11.5 Å². The van der Waals surface area contributed by atoms with Crippen LogP contribution in [0.4, 0.5) is 0 Å². The van der Waals surface area contributed by atoms with Crippen LogP contribution in [0.25, 0.3) is 0 Å². The third kappa shape index (κ3) is 5.94. The smallest absolute Gasteiger partial charge is 0.257 e. The minimum Gasteiger partial charge on any atom is -0.497 e. The SMILES string of the molecule is COc1ccc(OCC(=O)NCCc2nc(C3CCN(C(C)=O)CC3)no2)cc1. The predicted molar refractivity (Wildman–Crippen MR) is 104 cm³/mol. The van der Waals surface area contributed by atoms with Crippen molar-refractivity contribution in [1.29, 1.82) is 0 Å². The summed E-state index contributed by atoms with van der Waals surface area (Å²) in [6.07, 6.45) is 2.11. The Morgan fingerprint density at radius 3 is 2.55 bits per heavy atom. The molecule has 1 fully saturated rings. The van der Waals surface area contributed by atoms with Crippen molar-refractivity contribution in [1.82, 2.24) is 20.4 Å². The van der Waals surface area contributed by atoms with Crippen LogP contribution in [0.2, 0.25) is 0 Å². The highest BCUT2D eigenvalue weighted by atomic mass is 16.5. The summed E-state index contributed by atoms with van der Waals surface area (Å²) < 4.78 is 15.8. The third-order valence-corrected chi connectivity index (χ3v) is 4.88. The fourth-order valence-electron chi connectivity index (χ4n) is 3.17. The van der Waals surface area contributed by atoms with E-state index in [1.54, 1.807) is 38.3 Å². The summed E-state index contributed by atoms with van der Waals surface area (Å²) in [7, 11) is 1.59. The average molecular weight is 402 g/mol. The molecular formula is C20H26N4O5. The molecule has 0 bridgehead atoms. The second kappa shape index (κ2) is 9.90. The normalized spacial score (nSPS) is 14.5. The Morgan fingerprint density at radius 1 is 1.21 bits per heavy atom. The fraction of sp³-hybridized carbons (Fsp3) is 0.500. The van der Waals surface area contributed by atoms with Crippen molar-refractivity contribution in [2.75, 3.05) is 33.4 Å². The molecule has 1 N–H and O–H groups in total. The van der Waals surface area contributed by atoms with Gasteiger partial charge in [-0.2, -0.15) is 4.98 Å². The highest BCUT2D eigenvalue weighted by Crippen LogP contribution is 2.25. The van der Waals surface area contributed by atoms with Crippen molar-refractivity contribution < 1.29 is 23.6 Å². The number of rotatable bonds is 8. The van der Waals surface area contributed by atoms with E-state index in [-0.39, 0.29) is 24.3 Å². The first-order chi connectivity index (χ1) is 14.0. The molecule has 0 saturated carbocycles. The number of nitrogens with zero attached hydrogens (tertiary/aromatic N) is 3.